The van der Waals surface area contributed by atoms with Gasteiger partial charge in [-0.3, -0.25) is 4.31 Å². The molecule has 13 heteroatoms. The smallest absolute Gasteiger partial charge is 0.365 e. The van der Waals surface area contributed by atoms with Crippen LogP contribution in [0.1, 0.15) is 30.0 Å². The minimum absolute atomic E-state index is 0.0259. The van der Waals surface area contributed by atoms with Crippen molar-refractivity contribution in [1.82, 2.24) is 20.3 Å². The molecule has 194 valence electrons. The lowest BCUT2D eigenvalue weighted by Gasteiger charge is -2.20. The number of rotatable bonds is 11. The van der Waals surface area contributed by atoms with Crippen LogP contribution in [0.25, 0.3) is 0 Å². The maximum atomic E-state index is 13.6. The highest BCUT2D eigenvalue weighted by Crippen LogP contribution is 2.34. The van der Waals surface area contributed by atoms with Gasteiger partial charge in [-0.15, -0.1) is 0 Å². The summed E-state index contributed by atoms with van der Waals surface area (Å²) in [6.45, 7) is 3.54. The van der Waals surface area contributed by atoms with E-state index in [1.807, 2.05) is 12.1 Å². The third-order valence-electron chi connectivity index (χ3n) is 5.17. The van der Waals surface area contributed by atoms with Crippen LogP contribution in [0.4, 0.5) is 36.4 Å². The van der Waals surface area contributed by atoms with Crippen molar-refractivity contribution in [3.63, 3.8) is 0 Å². The minimum atomic E-state index is -4.70. The molecule has 0 unspecified atom stereocenters. The average Bonchev–Trinajstić information content (AvgIpc) is 2.82. The normalized spacial score (nSPS) is 11.8. The second kappa shape index (κ2) is 11.5. The first-order chi connectivity index (χ1) is 17.0. The SMILES string of the molecule is CCCNCc1ccc(Nc2ncc(C(F)(F)F)c(NCc3cccnc3N(C)S(C)(=O)=O)n2)cc1. The lowest BCUT2D eigenvalue weighted by Crippen LogP contribution is -2.27. The van der Waals surface area contributed by atoms with E-state index in [1.54, 1.807) is 24.3 Å². The Morgan fingerprint density at radius 1 is 1.06 bits per heavy atom. The maximum absolute atomic E-state index is 13.6. The Morgan fingerprint density at radius 2 is 1.78 bits per heavy atom. The van der Waals surface area contributed by atoms with Crippen LogP contribution in [0.2, 0.25) is 0 Å². The fourth-order valence-electron chi connectivity index (χ4n) is 3.22. The Bertz CT molecular complexity index is 1270. The Kier molecular flexibility index (Phi) is 8.69. The summed E-state index contributed by atoms with van der Waals surface area (Å²) in [5.41, 5.74) is 1.01. The summed E-state index contributed by atoms with van der Waals surface area (Å²) < 4.78 is 65.7. The van der Waals surface area contributed by atoms with E-state index in [1.165, 1.54) is 13.2 Å². The predicted octanol–water partition coefficient (Wildman–Crippen LogP) is 4.14. The van der Waals surface area contributed by atoms with Crippen LogP contribution in [0.3, 0.4) is 0 Å². The van der Waals surface area contributed by atoms with Gasteiger partial charge < -0.3 is 16.0 Å². The number of benzene rings is 1. The number of hydrogen-bond donors (Lipinski definition) is 3. The highest BCUT2D eigenvalue weighted by molar-refractivity contribution is 7.92. The standard InChI is InChI=1S/C23H28F3N7O2S/c1-4-11-27-13-16-7-9-18(10-8-16)31-22-30-15-19(23(24,25)26)20(32-22)29-14-17-6-5-12-28-21(17)33(2)36(3,34)35/h5-10,12,15,27H,4,11,13-14H2,1-3H3,(H2,29,30,31,32). The number of sulfonamides is 1. The zero-order valence-electron chi connectivity index (χ0n) is 20.1. The van der Waals surface area contributed by atoms with Crippen molar-refractivity contribution in [3.8, 4) is 0 Å². The van der Waals surface area contributed by atoms with E-state index in [-0.39, 0.29) is 18.3 Å². The van der Waals surface area contributed by atoms with E-state index >= 15 is 0 Å². The number of aromatic nitrogens is 3. The zero-order valence-corrected chi connectivity index (χ0v) is 20.9. The van der Waals surface area contributed by atoms with Crippen molar-refractivity contribution in [2.75, 3.05) is 34.8 Å². The fourth-order valence-corrected chi connectivity index (χ4v) is 3.70. The molecule has 36 heavy (non-hydrogen) atoms. The molecule has 0 aliphatic carbocycles. The Balaban J connectivity index is 1.82. The Labute approximate surface area is 208 Å². The van der Waals surface area contributed by atoms with Gasteiger partial charge in [-0.2, -0.15) is 18.2 Å². The first-order valence-corrected chi connectivity index (χ1v) is 13.0. The Hall–Kier alpha value is -3.45. The van der Waals surface area contributed by atoms with Crippen LogP contribution < -0.4 is 20.3 Å². The monoisotopic (exact) mass is 523 g/mol. The topological polar surface area (TPSA) is 112 Å². The van der Waals surface area contributed by atoms with Gasteiger partial charge in [0.05, 0.1) is 6.26 Å². The Morgan fingerprint density at radius 3 is 2.42 bits per heavy atom. The van der Waals surface area contributed by atoms with Gasteiger partial charge in [-0.25, -0.2) is 18.4 Å². The molecule has 3 N–H and O–H groups in total. The fraction of sp³-hybridized carbons (Fsp3) is 0.348. The van der Waals surface area contributed by atoms with Gasteiger partial charge in [0.25, 0.3) is 0 Å². The van der Waals surface area contributed by atoms with Crippen LogP contribution in [0.15, 0.2) is 48.8 Å². The molecule has 0 saturated heterocycles. The van der Waals surface area contributed by atoms with Crippen molar-refractivity contribution in [1.29, 1.82) is 0 Å². The van der Waals surface area contributed by atoms with Crippen molar-refractivity contribution in [2.45, 2.75) is 32.6 Å². The second-order valence-electron chi connectivity index (χ2n) is 8.02. The third kappa shape index (κ3) is 7.28. The lowest BCUT2D eigenvalue weighted by molar-refractivity contribution is -0.137. The number of hydrogen-bond acceptors (Lipinski definition) is 8. The van der Waals surface area contributed by atoms with Crippen LogP contribution in [0, 0.1) is 0 Å². The molecule has 9 nitrogen and oxygen atoms in total. The van der Waals surface area contributed by atoms with Crippen LogP contribution in [-0.4, -0.2) is 43.2 Å². The molecule has 3 aromatic rings. The number of nitrogens with zero attached hydrogens (tertiary/aromatic N) is 4. The molecule has 0 saturated carbocycles. The minimum Gasteiger partial charge on any atom is -0.365 e. The summed E-state index contributed by atoms with van der Waals surface area (Å²) in [5.74, 6) is -0.374. The number of halogens is 3. The molecule has 2 aromatic heterocycles. The van der Waals surface area contributed by atoms with Crippen LogP contribution in [0.5, 0.6) is 0 Å². The third-order valence-corrected chi connectivity index (χ3v) is 6.34. The molecule has 0 spiro atoms. The summed E-state index contributed by atoms with van der Waals surface area (Å²) in [4.78, 5) is 11.9. The molecule has 0 radical (unpaired) electrons. The van der Waals surface area contributed by atoms with Gasteiger partial charge in [-0.05, 0) is 36.7 Å². The predicted molar refractivity (Wildman–Crippen MR) is 134 cm³/mol. The highest BCUT2D eigenvalue weighted by atomic mass is 32.2. The number of pyridine rings is 1. The molecule has 0 atom stereocenters. The largest absolute Gasteiger partial charge is 0.421 e. The van der Waals surface area contributed by atoms with Gasteiger partial charge in [0.2, 0.25) is 16.0 Å². The van der Waals surface area contributed by atoms with Crippen molar-refractivity contribution < 1.29 is 21.6 Å². The van der Waals surface area contributed by atoms with Gasteiger partial charge >= 0.3 is 6.18 Å². The van der Waals surface area contributed by atoms with E-state index in [4.69, 9.17) is 0 Å². The molecule has 0 fully saturated rings. The van der Waals surface area contributed by atoms with Crippen molar-refractivity contribution >= 4 is 33.3 Å². The molecule has 1 aromatic carbocycles. The van der Waals surface area contributed by atoms with Gasteiger partial charge in [0, 0.05) is 43.8 Å². The molecular formula is C23H28F3N7O2S. The van der Waals surface area contributed by atoms with Crippen LogP contribution >= 0.6 is 0 Å². The van der Waals surface area contributed by atoms with E-state index in [9.17, 15) is 21.6 Å². The quantitative estimate of drug-likeness (QED) is 0.322. The summed E-state index contributed by atoms with van der Waals surface area (Å²) in [5, 5.41) is 8.88. The first kappa shape index (κ1) is 27.1. The van der Waals surface area contributed by atoms with Crippen molar-refractivity contribution in [2.24, 2.45) is 0 Å². The summed E-state index contributed by atoms with van der Waals surface area (Å²) in [6, 6.07) is 10.5. The van der Waals surface area contributed by atoms with Gasteiger partial charge in [0.15, 0.2) is 0 Å². The van der Waals surface area contributed by atoms with Crippen molar-refractivity contribution in [3.05, 3.63) is 65.5 Å². The highest BCUT2D eigenvalue weighted by Gasteiger charge is 2.35. The molecule has 0 amide bonds. The van der Waals surface area contributed by atoms with E-state index < -0.39 is 27.6 Å². The molecule has 2 heterocycles. The summed E-state index contributed by atoms with van der Waals surface area (Å²) >= 11 is 0. The van der Waals surface area contributed by atoms with Gasteiger partial charge in [-0.1, -0.05) is 25.1 Å². The van der Waals surface area contributed by atoms with E-state index in [2.05, 4.69) is 37.8 Å². The zero-order chi connectivity index (χ0) is 26.3. The van der Waals surface area contributed by atoms with E-state index in [0.717, 1.165) is 29.1 Å². The first-order valence-electron chi connectivity index (χ1n) is 11.1. The average molecular weight is 524 g/mol. The molecular weight excluding hydrogens is 495 g/mol. The molecule has 0 aliphatic heterocycles. The molecule has 0 bridgehead atoms. The number of alkyl halides is 3. The maximum Gasteiger partial charge on any atom is 0.421 e. The van der Waals surface area contributed by atoms with Gasteiger partial charge in [0.1, 0.15) is 17.2 Å². The van der Waals surface area contributed by atoms with Crippen LogP contribution in [-0.2, 0) is 29.3 Å². The lowest BCUT2D eigenvalue weighted by atomic mass is 10.2. The number of anilines is 4. The van der Waals surface area contributed by atoms with E-state index in [0.29, 0.717) is 24.0 Å². The molecule has 0 aliphatic rings. The summed E-state index contributed by atoms with van der Waals surface area (Å²) in [6.07, 6.45) is -0.558. The summed E-state index contributed by atoms with van der Waals surface area (Å²) in [7, 11) is -2.30. The second-order valence-corrected chi connectivity index (χ2v) is 10.0. The molecule has 3 rings (SSSR count). The number of nitrogens with one attached hydrogen (secondary N) is 3.